The molecule has 0 amide bonds. The molecular weight excluding hydrogens is 166 g/mol. The lowest BCUT2D eigenvalue weighted by Crippen LogP contribution is -2.18. The minimum Gasteiger partial charge on any atom is -0.383 e. The maximum atomic E-state index is 5.84. The second kappa shape index (κ2) is 4.79. The van der Waals surface area contributed by atoms with Crippen LogP contribution in [0.5, 0.6) is 0 Å². The van der Waals surface area contributed by atoms with Gasteiger partial charge in [-0.3, -0.25) is 0 Å². The minimum atomic E-state index is -0.186. The van der Waals surface area contributed by atoms with Gasteiger partial charge in [-0.2, -0.15) is 0 Å². The first-order chi connectivity index (χ1) is 6.25. The van der Waals surface area contributed by atoms with Crippen LogP contribution in [-0.4, -0.2) is 18.2 Å². The van der Waals surface area contributed by atoms with E-state index in [1.165, 1.54) is 0 Å². The highest BCUT2D eigenvalue weighted by Gasteiger charge is 2.08. The second-order valence-electron chi connectivity index (χ2n) is 2.74. The Morgan fingerprint density at radius 1 is 1.62 bits per heavy atom. The summed E-state index contributed by atoms with van der Waals surface area (Å²) in [5, 5.41) is 0. The van der Waals surface area contributed by atoms with Gasteiger partial charge in [0, 0.05) is 18.4 Å². The van der Waals surface area contributed by atoms with E-state index in [4.69, 9.17) is 16.2 Å². The predicted octanol–water partition coefficient (Wildman–Crippen LogP) is 0.700. The van der Waals surface area contributed by atoms with E-state index in [2.05, 4.69) is 4.98 Å². The zero-order chi connectivity index (χ0) is 9.68. The molecule has 13 heavy (non-hydrogen) atoms. The lowest BCUT2D eigenvalue weighted by atomic mass is 10.1. The molecule has 0 aliphatic rings. The van der Waals surface area contributed by atoms with Crippen molar-refractivity contribution < 1.29 is 4.74 Å². The van der Waals surface area contributed by atoms with E-state index in [1.807, 2.05) is 19.1 Å². The largest absolute Gasteiger partial charge is 0.383 e. The number of nitrogen functional groups attached to an aromatic ring is 1. The maximum Gasteiger partial charge on any atom is 0.128 e. The molecular formula is C9H15N3O. The third kappa shape index (κ3) is 2.68. The quantitative estimate of drug-likeness (QED) is 0.717. The van der Waals surface area contributed by atoms with Crippen molar-refractivity contribution in [2.75, 3.05) is 18.9 Å². The third-order valence-corrected chi connectivity index (χ3v) is 1.77. The lowest BCUT2D eigenvalue weighted by Gasteiger charge is -2.12. The summed E-state index contributed by atoms with van der Waals surface area (Å²) in [4.78, 5) is 3.95. The molecule has 4 N–H and O–H groups in total. The Morgan fingerprint density at radius 2 is 2.38 bits per heavy atom. The van der Waals surface area contributed by atoms with E-state index in [9.17, 15) is 0 Å². The fourth-order valence-corrected chi connectivity index (χ4v) is 1.08. The van der Waals surface area contributed by atoms with Gasteiger partial charge in [0.05, 0.1) is 12.6 Å². The Bertz CT molecular complexity index is 265. The van der Waals surface area contributed by atoms with Gasteiger partial charge < -0.3 is 16.2 Å². The molecule has 72 valence electrons. The van der Waals surface area contributed by atoms with Gasteiger partial charge >= 0.3 is 0 Å². The molecule has 1 aromatic rings. The molecule has 0 aliphatic heterocycles. The maximum absolute atomic E-state index is 5.84. The van der Waals surface area contributed by atoms with Crippen LogP contribution in [0.25, 0.3) is 0 Å². The van der Waals surface area contributed by atoms with Crippen molar-refractivity contribution in [3.8, 4) is 0 Å². The number of rotatable bonds is 4. The van der Waals surface area contributed by atoms with Crippen LogP contribution in [0.4, 0.5) is 5.82 Å². The van der Waals surface area contributed by atoms with Gasteiger partial charge in [-0.15, -0.1) is 0 Å². The molecule has 0 spiro atoms. The van der Waals surface area contributed by atoms with E-state index in [1.54, 1.807) is 6.20 Å². The molecule has 0 radical (unpaired) electrons. The number of hydrogen-bond acceptors (Lipinski definition) is 4. The summed E-state index contributed by atoms with van der Waals surface area (Å²) in [7, 11) is 0. The summed E-state index contributed by atoms with van der Waals surface area (Å²) in [6, 6.07) is 3.50. The molecule has 0 fully saturated rings. The van der Waals surface area contributed by atoms with E-state index in [0.29, 0.717) is 19.0 Å². The Labute approximate surface area is 77.9 Å². The van der Waals surface area contributed by atoms with Crippen LogP contribution < -0.4 is 11.5 Å². The van der Waals surface area contributed by atoms with Crippen molar-refractivity contribution in [3.63, 3.8) is 0 Å². The summed E-state index contributed by atoms with van der Waals surface area (Å²) in [6.07, 6.45) is 1.65. The SMILES string of the molecule is CCOCC(N)c1cccnc1N. The second-order valence-corrected chi connectivity index (χ2v) is 2.74. The fraction of sp³-hybridized carbons (Fsp3) is 0.444. The summed E-state index contributed by atoms with van der Waals surface area (Å²) in [6.45, 7) is 3.07. The Morgan fingerprint density at radius 3 is 3.00 bits per heavy atom. The number of anilines is 1. The zero-order valence-electron chi connectivity index (χ0n) is 7.73. The van der Waals surface area contributed by atoms with Crippen molar-refractivity contribution in [2.45, 2.75) is 13.0 Å². The van der Waals surface area contributed by atoms with Crippen molar-refractivity contribution >= 4 is 5.82 Å². The highest BCUT2D eigenvalue weighted by atomic mass is 16.5. The van der Waals surface area contributed by atoms with Crippen LogP contribution in [-0.2, 0) is 4.74 Å². The van der Waals surface area contributed by atoms with Gasteiger partial charge in [-0.25, -0.2) is 4.98 Å². The summed E-state index contributed by atoms with van der Waals surface area (Å²) in [5.74, 6) is 0.481. The Balaban J connectivity index is 2.65. The third-order valence-electron chi connectivity index (χ3n) is 1.77. The summed E-state index contributed by atoms with van der Waals surface area (Å²) < 4.78 is 5.20. The zero-order valence-corrected chi connectivity index (χ0v) is 7.73. The number of ether oxygens (including phenoxy) is 1. The average molecular weight is 181 g/mol. The first kappa shape index (κ1) is 9.95. The molecule has 0 bridgehead atoms. The van der Waals surface area contributed by atoms with Gasteiger partial charge in [0.1, 0.15) is 5.82 Å². The summed E-state index contributed by atoms with van der Waals surface area (Å²) >= 11 is 0. The lowest BCUT2D eigenvalue weighted by molar-refractivity contribution is 0.133. The minimum absolute atomic E-state index is 0.186. The highest BCUT2D eigenvalue weighted by Crippen LogP contribution is 2.15. The van der Waals surface area contributed by atoms with Crippen LogP contribution in [0.15, 0.2) is 18.3 Å². The van der Waals surface area contributed by atoms with Crippen molar-refractivity contribution in [1.29, 1.82) is 0 Å². The van der Waals surface area contributed by atoms with Crippen LogP contribution in [0.2, 0.25) is 0 Å². The van der Waals surface area contributed by atoms with Crippen molar-refractivity contribution in [1.82, 2.24) is 4.98 Å². The molecule has 1 rings (SSSR count). The van der Waals surface area contributed by atoms with Gasteiger partial charge in [0.25, 0.3) is 0 Å². The molecule has 0 saturated heterocycles. The van der Waals surface area contributed by atoms with Crippen LogP contribution in [0, 0.1) is 0 Å². The standard InChI is InChI=1S/C9H15N3O/c1-2-13-6-8(10)7-4-3-5-12-9(7)11/h3-5,8H,2,6,10H2,1H3,(H2,11,12). The van der Waals surface area contributed by atoms with Crippen LogP contribution >= 0.6 is 0 Å². The normalized spacial score (nSPS) is 12.8. The van der Waals surface area contributed by atoms with E-state index < -0.39 is 0 Å². The molecule has 1 atom stereocenters. The molecule has 1 heterocycles. The molecule has 4 nitrogen and oxygen atoms in total. The van der Waals surface area contributed by atoms with Gasteiger partial charge in [0.15, 0.2) is 0 Å². The number of nitrogens with two attached hydrogens (primary N) is 2. The molecule has 0 aromatic carbocycles. The Hall–Kier alpha value is -1.13. The highest BCUT2D eigenvalue weighted by molar-refractivity contribution is 5.40. The van der Waals surface area contributed by atoms with Crippen molar-refractivity contribution in [3.05, 3.63) is 23.9 Å². The monoisotopic (exact) mass is 181 g/mol. The molecule has 0 saturated carbocycles. The summed E-state index contributed by atoms with van der Waals surface area (Å²) in [5.41, 5.74) is 12.3. The number of hydrogen-bond donors (Lipinski definition) is 2. The Kier molecular flexibility index (Phi) is 3.67. The fourth-order valence-electron chi connectivity index (χ4n) is 1.08. The van der Waals surface area contributed by atoms with E-state index in [0.717, 1.165) is 5.56 Å². The van der Waals surface area contributed by atoms with E-state index in [-0.39, 0.29) is 6.04 Å². The molecule has 0 aliphatic carbocycles. The number of aromatic nitrogens is 1. The molecule has 1 aromatic heterocycles. The van der Waals surface area contributed by atoms with Gasteiger partial charge in [0.2, 0.25) is 0 Å². The van der Waals surface area contributed by atoms with Crippen LogP contribution in [0.1, 0.15) is 18.5 Å². The van der Waals surface area contributed by atoms with Crippen LogP contribution in [0.3, 0.4) is 0 Å². The number of nitrogens with zero attached hydrogens (tertiary/aromatic N) is 1. The van der Waals surface area contributed by atoms with E-state index >= 15 is 0 Å². The predicted molar refractivity (Wildman–Crippen MR) is 52.1 cm³/mol. The first-order valence-corrected chi connectivity index (χ1v) is 4.29. The van der Waals surface area contributed by atoms with Crippen molar-refractivity contribution in [2.24, 2.45) is 5.73 Å². The topological polar surface area (TPSA) is 74.2 Å². The smallest absolute Gasteiger partial charge is 0.128 e. The molecule has 1 unspecified atom stereocenters. The first-order valence-electron chi connectivity index (χ1n) is 4.29. The molecule has 4 heteroatoms. The van der Waals surface area contributed by atoms with Gasteiger partial charge in [-0.05, 0) is 13.0 Å². The van der Waals surface area contributed by atoms with Gasteiger partial charge in [-0.1, -0.05) is 6.07 Å². The number of pyridine rings is 1. The average Bonchev–Trinajstić information content (AvgIpc) is 2.15.